The summed E-state index contributed by atoms with van der Waals surface area (Å²) in [5.41, 5.74) is 17.8. The SMILES string of the molecule is C=C(/C=C\C=C/Cc1ccccc1-c1ccc(-c2nc(-c3bcccc3)nc(-c3ccccc3)c2C(C)(C)C)cc1)c1ccc(-c2nc(-c3ccccc3)nc(C3=CCC(C)C=C3)c2C(C)(C)C)cc1. The summed E-state index contributed by atoms with van der Waals surface area (Å²) in [4.78, 5) is 21.1. The van der Waals surface area contributed by atoms with Crippen LogP contribution in [0.4, 0.5) is 0 Å². The molecule has 0 bridgehead atoms. The molecule has 0 N–H and O–H groups in total. The summed E-state index contributed by atoms with van der Waals surface area (Å²) >= 11 is 0. The summed E-state index contributed by atoms with van der Waals surface area (Å²) in [6.45, 7) is 22.3. The largest absolute Gasteiger partial charge is 0.228 e. The molecular weight excluding hydrogens is 848 g/mol. The normalized spacial score (nSPS) is 14.0. The van der Waals surface area contributed by atoms with Gasteiger partial charge in [0, 0.05) is 16.7 Å². The smallest absolute Gasteiger partial charge is 0.160 e. The van der Waals surface area contributed by atoms with Crippen molar-refractivity contribution in [3.8, 4) is 67.6 Å². The molecule has 3 aromatic heterocycles. The minimum absolute atomic E-state index is 0.198. The minimum Gasteiger partial charge on any atom is -0.228 e. The molecule has 0 radical (unpaired) electrons. The number of aromatic nitrogens is 4. The van der Waals surface area contributed by atoms with Crippen LogP contribution >= 0.6 is 0 Å². The van der Waals surface area contributed by atoms with E-state index in [4.69, 9.17) is 19.9 Å². The zero-order valence-electron chi connectivity index (χ0n) is 41.6. The molecule has 1 atom stereocenters. The Morgan fingerprint density at radius 3 is 1.70 bits per heavy atom. The van der Waals surface area contributed by atoms with Crippen molar-refractivity contribution < 1.29 is 0 Å². The molecule has 1 aliphatic carbocycles. The molecule has 4 nitrogen and oxygen atoms in total. The molecule has 0 saturated carbocycles. The average molecular weight is 909 g/mol. The Balaban J connectivity index is 0.940. The molecule has 5 heteroatoms. The van der Waals surface area contributed by atoms with Crippen LogP contribution in [0, 0.1) is 5.92 Å². The van der Waals surface area contributed by atoms with E-state index in [2.05, 4.69) is 226 Å². The zero-order valence-corrected chi connectivity index (χ0v) is 41.6. The molecule has 0 fully saturated rings. The third-order valence-electron chi connectivity index (χ3n) is 12.9. The Labute approximate surface area is 416 Å². The second-order valence-electron chi connectivity index (χ2n) is 20.4. The van der Waals surface area contributed by atoms with E-state index < -0.39 is 0 Å². The van der Waals surface area contributed by atoms with E-state index in [0.29, 0.717) is 5.92 Å². The van der Waals surface area contributed by atoms with E-state index >= 15 is 0 Å². The van der Waals surface area contributed by atoms with Crippen LogP contribution in [0.1, 0.15) is 82.8 Å². The third kappa shape index (κ3) is 10.6. The van der Waals surface area contributed by atoms with Gasteiger partial charge in [-0.25, -0.2) is 9.97 Å². The van der Waals surface area contributed by atoms with Gasteiger partial charge in [-0.2, -0.15) is 0 Å². The van der Waals surface area contributed by atoms with Crippen LogP contribution in [0.25, 0.3) is 78.7 Å². The van der Waals surface area contributed by atoms with Crippen LogP contribution in [0.5, 0.6) is 0 Å². The topological polar surface area (TPSA) is 51.6 Å². The Hall–Kier alpha value is -7.63. The Morgan fingerprint density at radius 2 is 1.10 bits per heavy atom. The molecule has 0 aliphatic heterocycles. The Bertz CT molecular complexity index is 3260. The monoisotopic (exact) mass is 908 g/mol. The fourth-order valence-electron chi connectivity index (χ4n) is 9.28. The second-order valence-corrected chi connectivity index (χ2v) is 20.4. The molecule has 344 valence electrons. The van der Waals surface area contributed by atoms with Crippen molar-refractivity contribution in [3.05, 3.63) is 235 Å². The van der Waals surface area contributed by atoms with Crippen molar-refractivity contribution in [1.29, 1.82) is 0 Å². The molecule has 1 aliphatic rings. The summed E-state index contributed by atoms with van der Waals surface area (Å²) in [7, 11) is 0. The van der Waals surface area contributed by atoms with Crippen LogP contribution in [-0.4, -0.2) is 26.8 Å². The number of hydrogen-bond acceptors (Lipinski definition) is 4. The molecule has 0 spiro atoms. The minimum atomic E-state index is -0.213. The average Bonchev–Trinajstić information content (AvgIpc) is 3.38. The van der Waals surface area contributed by atoms with Gasteiger partial charge in [-0.05, 0) is 34.5 Å². The standard InChI is InChI=1S/C65H61BN4/c1-44-31-33-50(34-32-44)59-57(65(6,7)8)60(68-62(67-59)53-27-16-11-17-28-53)51-39-35-46(36-40-51)45(2)22-12-9-13-23-47-24-18-19-29-54(47)48-37-41-52(42-38-48)61-56(64(3,4)5)58(49-25-14-10-15-26-49)69-63(70-61)55-30-20-21-43-66-55/h9-22,24-31,33-44H,2,23,32H2,1,3-8H3/b13-9-,22-12-. The van der Waals surface area contributed by atoms with Crippen molar-refractivity contribution in [2.45, 2.75) is 72.1 Å². The Morgan fingerprint density at radius 1 is 0.571 bits per heavy atom. The van der Waals surface area contributed by atoms with E-state index in [1.54, 1.807) is 0 Å². The molecular formula is C65H61BN4. The molecule has 5 aromatic carbocycles. The second kappa shape index (κ2) is 20.5. The van der Waals surface area contributed by atoms with Gasteiger partial charge in [0.25, 0.3) is 0 Å². The predicted octanol–water partition coefficient (Wildman–Crippen LogP) is 16.5. The first-order valence-electron chi connectivity index (χ1n) is 24.5. The summed E-state index contributed by atoms with van der Waals surface area (Å²) in [6, 6.07) is 53.2. The number of benzene rings is 5. The molecule has 70 heavy (non-hydrogen) atoms. The van der Waals surface area contributed by atoms with Crippen LogP contribution in [0.2, 0.25) is 0 Å². The first-order chi connectivity index (χ1) is 33.8. The quantitative estimate of drug-likeness (QED) is 0.115. The summed E-state index contributed by atoms with van der Waals surface area (Å²) in [5, 5.41) is 0. The van der Waals surface area contributed by atoms with E-state index in [0.717, 1.165) is 103 Å². The van der Waals surface area contributed by atoms with Crippen LogP contribution in [0.3, 0.4) is 0 Å². The van der Waals surface area contributed by atoms with E-state index in [1.165, 1.54) is 16.7 Å². The molecule has 9 rings (SSSR count). The Kier molecular flexibility index (Phi) is 13.9. The number of nitrogens with zero attached hydrogens (tertiary/aromatic N) is 4. The van der Waals surface area contributed by atoms with Gasteiger partial charge >= 0.3 is 215 Å². The van der Waals surface area contributed by atoms with Crippen LogP contribution in [0.15, 0.2) is 207 Å². The van der Waals surface area contributed by atoms with Gasteiger partial charge in [-0.15, -0.1) is 0 Å². The molecule has 1 unspecified atom stereocenters. The number of rotatable bonds is 12. The number of allylic oxidation sites excluding steroid dienone is 9. The van der Waals surface area contributed by atoms with Crippen molar-refractivity contribution in [1.82, 2.24) is 19.9 Å². The van der Waals surface area contributed by atoms with E-state index in [9.17, 15) is 0 Å². The van der Waals surface area contributed by atoms with Crippen molar-refractivity contribution in [2.75, 3.05) is 0 Å². The van der Waals surface area contributed by atoms with E-state index in [1.807, 2.05) is 36.3 Å². The van der Waals surface area contributed by atoms with Gasteiger partial charge < -0.3 is 0 Å². The van der Waals surface area contributed by atoms with E-state index in [-0.39, 0.29) is 10.8 Å². The van der Waals surface area contributed by atoms with Gasteiger partial charge in [0.15, 0.2) is 5.82 Å². The summed E-state index contributed by atoms with van der Waals surface area (Å²) in [6.07, 6.45) is 17.2. The van der Waals surface area contributed by atoms with Gasteiger partial charge in [0.1, 0.15) is 0 Å². The maximum absolute atomic E-state index is 5.29. The fraction of sp³-hybridized carbons (Fsp3) is 0.185. The zero-order chi connectivity index (χ0) is 48.8. The van der Waals surface area contributed by atoms with Gasteiger partial charge in [0.2, 0.25) is 0 Å². The van der Waals surface area contributed by atoms with Gasteiger partial charge in [0.05, 0.1) is 11.4 Å². The third-order valence-corrected chi connectivity index (χ3v) is 12.9. The van der Waals surface area contributed by atoms with Crippen LogP contribution in [-0.2, 0) is 17.3 Å². The fourth-order valence-corrected chi connectivity index (χ4v) is 9.28. The van der Waals surface area contributed by atoms with Gasteiger partial charge in [-0.3, -0.25) is 0 Å². The van der Waals surface area contributed by atoms with Crippen LogP contribution < -0.4 is 0 Å². The summed E-state index contributed by atoms with van der Waals surface area (Å²) < 4.78 is 0. The van der Waals surface area contributed by atoms with Crippen molar-refractivity contribution >= 4 is 18.1 Å². The maximum Gasteiger partial charge on any atom is 0.160 e. The summed E-state index contributed by atoms with van der Waals surface area (Å²) in [5.74, 6) is 4.01. The van der Waals surface area contributed by atoms with Crippen molar-refractivity contribution in [2.24, 2.45) is 5.92 Å². The molecule has 8 aromatic rings. The first-order valence-corrected chi connectivity index (χ1v) is 24.5. The maximum atomic E-state index is 5.29. The predicted molar refractivity (Wildman–Crippen MR) is 297 cm³/mol. The molecule has 0 saturated heterocycles. The number of hydrogen-bond donors (Lipinski definition) is 0. The first kappa shape index (κ1) is 47.4. The van der Waals surface area contributed by atoms with Gasteiger partial charge in [-0.1, -0.05) is 125 Å². The van der Waals surface area contributed by atoms with Crippen molar-refractivity contribution in [3.63, 3.8) is 0 Å². The molecule has 0 amide bonds. The molecule has 3 heterocycles.